The zero-order valence-electron chi connectivity index (χ0n) is 14.8. The summed E-state index contributed by atoms with van der Waals surface area (Å²) in [5, 5.41) is 3.01. The molecule has 138 valence electrons. The molecule has 0 saturated heterocycles. The summed E-state index contributed by atoms with van der Waals surface area (Å²) in [4.78, 5) is 23.9. The lowest BCUT2D eigenvalue weighted by Gasteiger charge is -2.09. The molecule has 1 N–H and O–H groups in total. The molecule has 0 spiro atoms. The molecule has 0 saturated carbocycles. The van der Waals surface area contributed by atoms with Gasteiger partial charge in [0, 0.05) is 0 Å². The Morgan fingerprint density at radius 1 is 1.08 bits per heavy atom. The van der Waals surface area contributed by atoms with E-state index in [-0.39, 0.29) is 0 Å². The Hall–Kier alpha value is -2.53. The number of para-hydroxylation sites is 1. The number of carbonyl (C=O) groups excluding carboxylic acids is 2. The average Bonchev–Trinajstić information content (AvgIpc) is 2.62. The highest BCUT2D eigenvalue weighted by molar-refractivity contribution is 6.33. The number of esters is 1. The zero-order valence-corrected chi connectivity index (χ0v) is 15.6. The van der Waals surface area contributed by atoms with E-state index in [9.17, 15) is 9.59 Å². The van der Waals surface area contributed by atoms with Crippen LogP contribution in [0.1, 0.15) is 30.6 Å². The van der Waals surface area contributed by atoms with Crippen molar-refractivity contribution in [3.63, 3.8) is 0 Å². The third-order valence-electron chi connectivity index (χ3n) is 3.54. The first-order chi connectivity index (χ1) is 12.5. The van der Waals surface area contributed by atoms with E-state index in [1.807, 2.05) is 0 Å². The van der Waals surface area contributed by atoms with Gasteiger partial charge in [-0.15, -0.1) is 0 Å². The van der Waals surface area contributed by atoms with Crippen LogP contribution in [0.25, 0.3) is 0 Å². The minimum absolute atomic E-state index is 0.353. The van der Waals surface area contributed by atoms with Gasteiger partial charge in [0.15, 0.2) is 6.61 Å². The second-order valence-corrected chi connectivity index (χ2v) is 6.57. The van der Waals surface area contributed by atoms with Gasteiger partial charge < -0.3 is 14.8 Å². The molecular weight excluding hydrogens is 354 g/mol. The second-order valence-electron chi connectivity index (χ2n) is 6.16. The van der Waals surface area contributed by atoms with Crippen molar-refractivity contribution in [3.8, 4) is 5.75 Å². The molecule has 2 rings (SSSR count). The topological polar surface area (TPSA) is 64.6 Å². The SMILES string of the molecule is CC(C)CCOc1ccc(C(=O)OCC(=O)Nc2ccccc2Cl)cc1. The van der Waals surface area contributed by atoms with Gasteiger partial charge in [0.25, 0.3) is 5.91 Å². The van der Waals surface area contributed by atoms with Crippen LogP contribution in [-0.2, 0) is 9.53 Å². The van der Waals surface area contributed by atoms with E-state index in [1.165, 1.54) is 0 Å². The van der Waals surface area contributed by atoms with Crippen molar-refractivity contribution in [3.05, 3.63) is 59.1 Å². The molecule has 0 unspecified atom stereocenters. The Morgan fingerprint density at radius 3 is 2.42 bits per heavy atom. The molecule has 0 radical (unpaired) electrons. The predicted molar refractivity (Wildman–Crippen MR) is 102 cm³/mol. The van der Waals surface area contributed by atoms with Crippen molar-refractivity contribution in [1.82, 2.24) is 0 Å². The third kappa shape index (κ3) is 6.41. The second kappa shape index (κ2) is 9.82. The van der Waals surface area contributed by atoms with Crippen molar-refractivity contribution < 1.29 is 19.1 Å². The maximum Gasteiger partial charge on any atom is 0.338 e. The van der Waals surface area contributed by atoms with Crippen LogP contribution in [0.2, 0.25) is 5.02 Å². The summed E-state index contributed by atoms with van der Waals surface area (Å²) in [6.07, 6.45) is 0.963. The number of nitrogens with one attached hydrogen (secondary N) is 1. The van der Waals surface area contributed by atoms with E-state index >= 15 is 0 Å². The summed E-state index contributed by atoms with van der Waals surface area (Å²) < 4.78 is 10.6. The fourth-order valence-corrected chi connectivity index (χ4v) is 2.25. The molecular formula is C20H22ClNO4. The molecule has 0 aliphatic heterocycles. The smallest absolute Gasteiger partial charge is 0.338 e. The van der Waals surface area contributed by atoms with Crippen molar-refractivity contribution in [2.45, 2.75) is 20.3 Å². The van der Waals surface area contributed by atoms with Crippen molar-refractivity contribution >= 4 is 29.2 Å². The van der Waals surface area contributed by atoms with Crippen molar-refractivity contribution in [1.29, 1.82) is 0 Å². The highest BCUT2D eigenvalue weighted by atomic mass is 35.5. The number of amides is 1. The van der Waals surface area contributed by atoms with E-state index in [4.69, 9.17) is 21.1 Å². The van der Waals surface area contributed by atoms with E-state index in [0.29, 0.717) is 34.5 Å². The fourth-order valence-electron chi connectivity index (χ4n) is 2.06. The largest absolute Gasteiger partial charge is 0.494 e. The van der Waals surface area contributed by atoms with E-state index in [0.717, 1.165) is 6.42 Å². The van der Waals surface area contributed by atoms with Crippen LogP contribution in [0.15, 0.2) is 48.5 Å². The van der Waals surface area contributed by atoms with Gasteiger partial charge in [0.1, 0.15) is 5.75 Å². The lowest BCUT2D eigenvalue weighted by atomic mass is 10.1. The lowest BCUT2D eigenvalue weighted by molar-refractivity contribution is -0.119. The van der Waals surface area contributed by atoms with Gasteiger partial charge in [0.05, 0.1) is 22.9 Å². The number of rotatable bonds is 8. The van der Waals surface area contributed by atoms with Crippen LogP contribution in [-0.4, -0.2) is 25.1 Å². The molecule has 0 atom stereocenters. The first-order valence-corrected chi connectivity index (χ1v) is 8.78. The molecule has 0 aliphatic rings. The summed E-state index contributed by atoms with van der Waals surface area (Å²) in [5.41, 5.74) is 0.824. The van der Waals surface area contributed by atoms with Crippen LogP contribution >= 0.6 is 11.6 Å². The number of hydrogen-bond acceptors (Lipinski definition) is 4. The van der Waals surface area contributed by atoms with Gasteiger partial charge in [-0.1, -0.05) is 37.6 Å². The Balaban J connectivity index is 1.80. The summed E-state index contributed by atoms with van der Waals surface area (Å²) in [5.74, 6) is 0.230. The molecule has 5 nitrogen and oxygen atoms in total. The number of hydrogen-bond donors (Lipinski definition) is 1. The molecule has 0 fully saturated rings. The van der Waals surface area contributed by atoms with Gasteiger partial charge >= 0.3 is 5.97 Å². The van der Waals surface area contributed by atoms with Gasteiger partial charge in [-0.05, 0) is 48.7 Å². The van der Waals surface area contributed by atoms with Crippen LogP contribution in [0, 0.1) is 5.92 Å². The minimum atomic E-state index is -0.576. The molecule has 2 aromatic rings. The van der Waals surface area contributed by atoms with Gasteiger partial charge in [-0.2, -0.15) is 0 Å². The van der Waals surface area contributed by atoms with Gasteiger partial charge in [-0.25, -0.2) is 4.79 Å². The zero-order chi connectivity index (χ0) is 18.9. The summed E-state index contributed by atoms with van der Waals surface area (Å²) in [6, 6.07) is 13.5. The molecule has 26 heavy (non-hydrogen) atoms. The van der Waals surface area contributed by atoms with Crippen molar-refractivity contribution in [2.75, 3.05) is 18.5 Å². The Kier molecular flexibility index (Phi) is 7.48. The Bertz CT molecular complexity index is 744. The van der Waals surface area contributed by atoms with Crippen molar-refractivity contribution in [2.24, 2.45) is 5.92 Å². The quantitative estimate of drug-likeness (QED) is 0.687. The molecule has 0 aliphatic carbocycles. The maximum absolute atomic E-state index is 12.0. The lowest BCUT2D eigenvalue weighted by Crippen LogP contribution is -2.21. The Labute approximate surface area is 158 Å². The molecule has 0 bridgehead atoms. The normalized spacial score (nSPS) is 10.5. The minimum Gasteiger partial charge on any atom is -0.494 e. The summed E-state index contributed by atoms with van der Waals surface area (Å²) >= 11 is 5.96. The highest BCUT2D eigenvalue weighted by Crippen LogP contribution is 2.20. The average molecular weight is 376 g/mol. The number of halogens is 1. The maximum atomic E-state index is 12.0. The summed E-state index contributed by atoms with van der Waals surface area (Å²) in [7, 11) is 0. The first kappa shape index (κ1) is 19.8. The van der Waals surface area contributed by atoms with E-state index < -0.39 is 18.5 Å². The van der Waals surface area contributed by atoms with Crippen LogP contribution < -0.4 is 10.1 Å². The van der Waals surface area contributed by atoms with E-state index in [2.05, 4.69) is 19.2 Å². The monoisotopic (exact) mass is 375 g/mol. The van der Waals surface area contributed by atoms with Crippen LogP contribution in [0.5, 0.6) is 5.75 Å². The fraction of sp³-hybridized carbons (Fsp3) is 0.300. The highest BCUT2D eigenvalue weighted by Gasteiger charge is 2.11. The van der Waals surface area contributed by atoms with Gasteiger partial charge in [0.2, 0.25) is 0 Å². The summed E-state index contributed by atoms with van der Waals surface area (Å²) in [6.45, 7) is 4.50. The van der Waals surface area contributed by atoms with Gasteiger partial charge in [-0.3, -0.25) is 4.79 Å². The molecule has 2 aromatic carbocycles. The van der Waals surface area contributed by atoms with E-state index in [1.54, 1.807) is 48.5 Å². The third-order valence-corrected chi connectivity index (χ3v) is 3.87. The number of benzene rings is 2. The standard InChI is InChI=1S/C20H22ClNO4/c1-14(2)11-12-25-16-9-7-15(8-10-16)20(24)26-13-19(23)22-18-6-4-3-5-17(18)21/h3-10,14H,11-13H2,1-2H3,(H,22,23). The van der Waals surface area contributed by atoms with Crippen LogP contribution in [0.4, 0.5) is 5.69 Å². The first-order valence-electron chi connectivity index (χ1n) is 8.40. The molecule has 0 aromatic heterocycles. The number of anilines is 1. The number of ether oxygens (including phenoxy) is 2. The predicted octanol–water partition coefficient (Wildman–Crippen LogP) is 4.56. The van der Waals surface area contributed by atoms with Crippen LogP contribution in [0.3, 0.4) is 0 Å². The molecule has 0 heterocycles. The number of carbonyl (C=O) groups is 2. The molecule has 1 amide bonds. The molecule has 6 heteroatoms. The Morgan fingerprint density at radius 2 is 1.77 bits per heavy atom.